The van der Waals surface area contributed by atoms with Gasteiger partial charge in [-0.2, -0.15) is 13.2 Å². The minimum atomic E-state index is -4.41. The Kier molecular flexibility index (Phi) is 5.99. The van der Waals surface area contributed by atoms with E-state index >= 15 is 0 Å². The van der Waals surface area contributed by atoms with Crippen LogP contribution in [0.4, 0.5) is 23.2 Å². The topological polar surface area (TPSA) is 68.2 Å². The van der Waals surface area contributed by atoms with Crippen LogP contribution < -0.4 is 9.64 Å². The fourth-order valence-electron chi connectivity index (χ4n) is 7.94. The smallest absolute Gasteiger partial charge is 0.417 e. The van der Waals surface area contributed by atoms with Crippen molar-refractivity contribution in [2.24, 2.45) is 10.8 Å². The van der Waals surface area contributed by atoms with Crippen molar-refractivity contribution < 1.29 is 27.1 Å². The lowest BCUT2D eigenvalue weighted by Crippen LogP contribution is -2.71. The van der Waals surface area contributed by atoms with Crippen molar-refractivity contribution >= 4 is 11.6 Å². The molecule has 1 aromatic carbocycles. The fraction of sp³-hybridized carbons (Fsp3) is 0.500. The molecular weight excluding hydrogens is 548 g/mol. The third-order valence-electron chi connectivity index (χ3n) is 10.5. The number of fused-ring (bicyclic) bond motifs is 3. The van der Waals surface area contributed by atoms with Crippen LogP contribution in [0.3, 0.4) is 0 Å². The van der Waals surface area contributed by atoms with Gasteiger partial charge in [0, 0.05) is 35.1 Å². The van der Waals surface area contributed by atoms with Gasteiger partial charge in [0.25, 0.3) is 0 Å². The summed E-state index contributed by atoms with van der Waals surface area (Å²) in [6.07, 6.45) is 5.56. The number of halogens is 4. The van der Waals surface area contributed by atoms with E-state index in [9.17, 15) is 22.4 Å². The average molecular weight is 581 g/mol. The summed E-state index contributed by atoms with van der Waals surface area (Å²) in [5.74, 6) is 1.04. The summed E-state index contributed by atoms with van der Waals surface area (Å²) in [6, 6.07) is 10.3. The van der Waals surface area contributed by atoms with E-state index in [1.807, 2.05) is 29.2 Å². The number of methoxy groups -OCH3 is 1. The normalized spacial score (nSPS) is 31.2. The van der Waals surface area contributed by atoms with Crippen LogP contribution in [-0.2, 0) is 16.4 Å². The average Bonchev–Trinajstić information content (AvgIpc) is 2.98. The van der Waals surface area contributed by atoms with Gasteiger partial charge in [-0.25, -0.2) is 14.4 Å². The molecule has 2 aromatic heterocycles. The van der Waals surface area contributed by atoms with E-state index in [2.05, 4.69) is 15.0 Å². The van der Waals surface area contributed by atoms with Gasteiger partial charge in [0.05, 0.1) is 30.5 Å². The van der Waals surface area contributed by atoms with Crippen LogP contribution in [0.2, 0.25) is 0 Å². The highest BCUT2D eigenvalue weighted by molar-refractivity contribution is 6.00. The standard InChI is InChI=1S/C32H32F4N4O2/c1-42-24-15-38-26(39-16-24)21-3-2-4-23(13-21)40(27(41)30-17-31(33,18-30)19-30)20-28-7-10-29(11-8-28,12-9-28)25-6-5-22(14-37-25)32(34,35)36/h2-6,13-16H,7-12,17-20H2,1H3. The van der Waals surface area contributed by atoms with Crippen molar-refractivity contribution in [1.29, 1.82) is 0 Å². The summed E-state index contributed by atoms with van der Waals surface area (Å²) < 4.78 is 59.0. The van der Waals surface area contributed by atoms with Crippen LogP contribution in [0.5, 0.6) is 5.75 Å². The minimum Gasteiger partial charge on any atom is -0.494 e. The molecule has 0 atom stereocenters. The molecule has 9 rings (SSSR count). The highest BCUT2D eigenvalue weighted by Gasteiger charge is 2.73. The van der Waals surface area contributed by atoms with Crippen LogP contribution in [0, 0.1) is 10.8 Å². The first-order valence-electron chi connectivity index (χ1n) is 14.5. The minimum absolute atomic E-state index is 0.0176. The number of amides is 1. The molecule has 0 spiro atoms. The lowest BCUT2D eigenvalue weighted by molar-refractivity contribution is -0.211. The Morgan fingerprint density at radius 1 is 0.929 bits per heavy atom. The number of carbonyl (C=O) groups is 1. The quantitative estimate of drug-likeness (QED) is 0.279. The van der Waals surface area contributed by atoms with Crippen molar-refractivity contribution in [2.45, 2.75) is 75.0 Å². The van der Waals surface area contributed by atoms with Crippen LogP contribution >= 0.6 is 0 Å². The number of ether oxygens (including phenoxy) is 1. The highest BCUT2D eigenvalue weighted by Crippen LogP contribution is 2.70. The first-order valence-corrected chi connectivity index (χ1v) is 14.5. The van der Waals surface area contributed by atoms with E-state index in [-0.39, 0.29) is 36.0 Å². The monoisotopic (exact) mass is 580 g/mol. The highest BCUT2D eigenvalue weighted by atomic mass is 19.4. The number of rotatable bonds is 7. The van der Waals surface area contributed by atoms with E-state index < -0.39 is 22.8 Å². The van der Waals surface area contributed by atoms with Gasteiger partial charge in [0.15, 0.2) is 11.6 Å². The van der Waals surface area contributed by atoms with E-state index in [0.29, 0.717) is 18.1 Å². The van der Waals surface area contributed by atoms with E-state index in [0.717, 1.165) is 67.7 Å². The molecule has 6 saturated carbocycles. The van der Waals surface area contributed by atoms with Gasteiger partial charge in [-0.3, -0.25) is 9.78 Å². The molecule has 0 saturated heterocycles. The molecule has 10 heteroatoms. The molecule has 6 aliphatic carbocycles. The molecule has 3 aromatic rings. The van der Waals surface area contributed by atoms with E-state index in [4.69, 9.17) is 4.74 Å². The Balaban J connectivity index is 1.15. The zero-order valence-corrected chi connectivity index (χ0v) is 23.4. The second kappa shape index (κ2) is 9.22. The zero-order chi connectivity index (χ0) is 29.4. The number of nitrogens with zero attached hydrogens (tertiary/aromatic N) is 4. The van der Waals surface area contributed by atoms with Crippen molar-refractivity contribution in [2.75, 3.05) is 18.6 Å². The molecule has 42 heavy (non-hydrogen) atoms. The first kappa shape index (κ1) is 27.3. The molecule has 4 bridgehead atoms. The molecule has 0 unspecified atom stereocenters. The van der Waals surface area contributed by atoms with Crippen molar-refractivity contribution in [1.82, 2.24) is 15.0 Å². The summed E-state index contributed by atoms with van der Waals surface area (Å²) in [6.45, 7) is 0.524. The number of hydrogen-bond donors (Lipinski definition) is 0. The molecule has 1 amide bonds. The van der Waals surface area contributed by atoms with Crippen molar-refractivity contribution in [3.63, 3.8) is 0 Å². The van der Waals surface area contributed by atoms with Gasteiger partial charge in [-0.1, -0.05) is 12.1 Å². The van der Waals surface area contributed by atoms with Gasteiger partial charge in [-0.15, -0.1) is 0 Å². The summed E-state index contributed by atoms with van der Waals surface area (Å²) in [7, 11) is 1.55. The zero-order valence-electron chi connectivity index (χ0n) is 23.4. The molecule has 0 aliphatic heterocycles. The molecule has 2 heterocycles. The number of anilines is 1. The molecule has 6 fully saturated rings. The largest absolute Gasteiger partial charge is 0.494 e. The summed E-state index contributed by atoms with van der Waals surface area (Å²) in [5, 5.41) is 0. The maximum absolute atomic E-state index is 14.5. The Hall–Kier alpha value is -3.56. The third-order valence-corrected chi connectivity index (χ3v) is 10.5. The predicted octanol–water partition coefficient (Wildman–Crippen LogP) is 7.08. The molecule has 6 aliphatic rings. The lowest BCUT2D eigenvalue weighted by atomic mass is 9.41. The van der Waals surface area contributed by atoms with E-state index in [1.54, 1.807) is 25.6 Å². The van der Waals surface area contributed by atoms with Gasteiger partial charge in [0.2, 0.25) is 5.91 Å². The second-order valence-electron chi connectivity index (χ2n) is 13.1. The van der Waals surface area contributed by atoms with Crippen LogP contribution in [0.25, 0.3) is 11.4 Å². The van der Waals surface area contributed by atoms with Crippen LogP contribution in [-0.4, -0.2) is 40.2 Å². The molecule has 6 nitrogen and oxygen atoms in total. The van der Waals surface area contributed by atoms with Gasteiger partial charge in [-0.05, 0) is 87.5 Å². The number of benzene rings is 1. The maximum Gasteiger partial charge on any atom is 0.417 e. The third kappa shape index (κ3) is 4.36. The Bertz CT molecular complexity index is 1480. The maximum atomic E-state index is 14.5. The van der Waals surface area contributed by atoms with E-state index in [1.165, 1.54) is 0 Å². The Morgan fingerprint density at radius 3 is 2.14 bits per heavy atom. The lowest BCUT2D eigenvalue weighted by Gasteiger charge is -2.65. The number of alkyl halides is 4. The molecule has 220 valence electrons. The van der Waals surface area contributed by atoms with Crippen LogP contribution in [0.1, 0.15) is 69.0 Å². The summed E-state index contributed by atoms with van der Waals surface area (Å²) in [5.41, 5.74) is -0.666. The number of hydrogen-bond acceptors (Lipinski definition) is 5. The van der Waals surface area contributed by atoms with Crippen LogP contribution in [0.15, 0.2) is 55.0 Å². The summed E-state index contributed by atoms with van der Waals surface area (Å²) in [4.78, 5) is 29.1. The Morgan fingerprint density at radius 2 is 1.60 bits per heavy atom. The van der Waals surface area contributed by atoms with Gasteiger partial charge >= 0.3 is 6.18 Å². The van der Waals surface area contributed by atoms with Gasteiger partial charge < -0.3 is 9.64 Å². The molecule has 0 N–H and O–H groups in total. The predicted molar refractivity (Wildman–Crippen MR) is 148 cm³/mol. The van der Waals surface area contributed by atoms with Gasteiger partial charge in [0.1, 0.15) is 5.67 Å². The summed E-state index contributed by atoms with van der Waals surface area (Å²) >= 11 is 0. The SMILES string of the molecule is COc1cnc(-c2cccc(N(CC34CCC(c5ccc(C(F)(F)F)cn5)(CC3)CC4)C(=O)C34CC(F)(C3)C4)c2)nc1. The second-order valence-corrected chi connectivity index (χ2v) is 13.1. The van der Waals surface area contributed by atoms with Crippen molar-refractivity contribution in [3.05, 3.63) is 66.2 Å². The fourth-order valence-corrected chi connectivity index (χ4v) is 7.94. The molecule has 0 radical (unpaired) electrons. The molecular formula is C32H32F4N4O2. The number of pyridine rings is 1. The number of carbonyl (C=O) groups excluding carboxylic acids is 1. The first-order chi connectivity index (χ1) is 20.0. The van der Waals surface area contributed by atoms with Crippen molar-refractivity contribution in [3.8, 4) is 17.1 Å². The number of aromatic nitrogens is 3. The Labute approximate surface area is 241 Å².